The van der Waals surface area contributed by atoms with Crippen LogP contribution >= 0.6 is 22.9 Å². The van der Waals surface area contributed by atoms with Gasteiger partial charge in [0.05, 0.1) is 18.6 Å². The molecule has 0 amide bonds. The van der Waals surface area contributed by atoms with Crippen LogP contribution in [0.5, 0.6) is 11.5 Å². The van der Waals surface area contributed by atoms with Gasteiger partial charge in [-0.15, -0.1) is 11.3 Å². The average molecular weight is 298 g/mol. The highest BCUT2D eigenvalue weighted by Crippen LogP contribution is 2.37. The first-order valence-corrected chi connectivity index (χ1v) is 7.06. The fraction of sp³-hybridized carbons (Fsp3) is 0.286. The number of rotatable bonds is 5. The summed E-state index contributed by atoms with van der Waals surface area (Å²) in [7, 11) is 3.28. The molecule has 0 aliphatic heterocycles. The molecular formula is C14H16ClNO2S. The van der Waals surface area contributed by atoms with Crippen molar-refractivity contribution in [3.05, 3.63) is 45.1 Å². The summed E-state index contributed by atoms with van der Waals surface area (Å²) in [6.07, 6.45) is 0. The maximum Gasteiger partial charge on any atom is 0.126 e. The lowest BCUT2D eigenvalue weighted by Gasteiger charge is -2.17. The van der Waals surface area contributed by atoms with Gasteiger partial charge in [-0.3, -0.25) is 0 Å². The van der Waals surface area contributed by atoms with E-state index in [1.165, 1.54) is 0 Å². The predicted molar refractivity (Wildman–Crippen MR) is 79.8 cm³/mol. The van der Waals surface area contributed by atoms with E-state index in [1.807, 2.05) is 30.3 Å². The molecule has 2 aromatic rings. The van der Waals surface area contributed by atoms with Crippen LogP contribution in [0.4, 0.5) is 0 Å². The Bertz CT molecular complexity index is 556. The Balaban J connectivity index is 2.43. The molecule has 1 aromatic carbocycles. The molecule has 0 saturated heterocycles. The zero-order valence-electron chi connectivity index (χ0n) is 10.9. The number of halogens is 1. The molecule has 1 atom stereocenters. The normalized spacial score (nSPS) is 12.2. The molecule has 0 fully saturated rings. The molecule has 3 nitrogen and oxygen atoms in total. The molecule has 0 bridgehead atoms. The van der Waals surface area contributed by atoms with E-state index in [0.29, 0.717) is 6.54 Å². The van der Waals surface area contributed by atoms with Gasteiger partial charge in [0.15, 0.2) is 0 Å². The van der Waals surface area contributed by atoms with E-state index in [2.05, 4.69) is 0 Å². The second kappa shape index (κ2) is 6.28. The van der Waals surface area contributed by atoms with Crippen molar-refractivity contribution in [2.45, 2.75) is 5.92 Å². The highest BCUT2D eigenvalue weighted by Gasteiger charge is 2.19. The molecule has 2 N–H and O–H groups in total. The molecule has 2 rings (SSSR count). The summed E-state index contributed by atoms with van der Waals surface area (Å²) in [5.41, 5.74) is 6.96. The molecule has 19 heavy (non-hydrogen) atoms. The number of hydrogen-bond acceptors (Lipinski definition) is 4. The van der Waals surface area contributed by atoms with Gasteiger partial charge < -0.3 is 15.2 Å². The van der Waals surface area contributed by atoms with Crippen LogP contribution in [-0.4, -0.2) is 20.8 Å². The van der Waals surface area contributed by atoms with E-state index in [4.69, 9.17) is 26.8 Å². The molecule has 0 aliphatic rings. The van der Waals surface area contributed by atoms with Crippen LogP contribution in [-0.2, 0) is 0 Å². The number of ether oxygens (including phenoxy) is 2. The van der Waals surface area contributed by atoms with Gasteiger partial charge in [-0.25, -0.2) is 0 Å². The largest absolute Gasteiger partial charge is 0.497 e. The molecule has 0 saturated carbocycles. The Morgan fingerprint density at radius 2 is 2.00 bits per heavy atom. The molecule has 1 aromatic heterocycles. The van der Waals surface area contributed by atoms with Crippen molar-refractivity contribution in [3.8, 4) is 11.5 Å². The Kier molecular flexibility index (Phi) is 4.69. The zero-order chi connectivity index (χ0) is 13.8. The average Bonchev–Trinajstić information content (AvgIpc) is 2.86. The summed E-state index contributed by atoms with van der Waals surface area (Å²) in [4.78, 5) is 1.14. The predicted octanol–water partition coefficient (Wildman–Crippen LogP) is 3.51. The smallest absolute Gasteiger partial charge is 0.126 e. The van der Waals surface area contributed by atoms with E-state index in [-0.39, 0.29) is 5.92 Å². The highest BCUT2D eigenvalue weighted by molar-refractivity contribution is 7.16. The van der Waals surface area contributed by atoms with Crippen LogP contribution < -0.4 is 15.2 Å². The number of thiophene rings is 1. The molecule has 1 unspecified atom stereocenters. The van der Waals surface area contributed by atoms with Gasteiger partial charge in [-0.05, 0) is 18.2 Å². The van der Waals surface area contributed by atoms with Crippen molar-refractivity contribution in [3.63, 3.8) is 0 Å². The van der Waals surface area contributed by atoms with Crippen molar-refractivity contribution >= 4 is 22.9 Å². The lowest BCUT2D eigenvalue weighted by molar-refractivity contribution is 0.390. The Morgan fingerprint density at radius 1 is 1.21 bits per heavy atom. The van der Waals surface area contributed by atoms with E-state index in [9.17, 15) is 0 Å². The van der Waals surface area contributed by atoms with Gasteiger partial charge in [0.1, 0.15) is 11.5 Å². The SMILES string of the molecule is COc1ccc(C(CN)c2ccc(Cl)s2)c(OC)c1. The standard InChI is InChI=1S/C14H16ClNO2S/c1-17-9-3-4-10(12(7-9)18-2)11(8-16)13-5-6-14(15)19-13/h3-7,11H,8,16H2,1-2H3. The third kappa shape index (κ3) is 3.03. The van der Waals surface area contributed by atoms with Crippen molar-refractivity contribution in [2.75, 3.05) is 20.8 Å². The number of hydrogen-bond donors (Lipinski definition) is 1. The van der Waals surface area contributed by atoms with Crippen LogP contribution in [0.3, 0.4) is 0 Å². The minimum atomic E-state index is 0.0818. The monoisotopic (exact) mass is 297 g/mol. The summed E-state index contributed by atoms with van der Waals surface area (Å²) in [5.74, 6) is 1.62. The zero-order valence-corrected chi connectivity index (χ0v) is 12.4. The Labute approximate surface area is 121 Å². The Hall–Kier alpha value is -1.23. The number of benzene rings is 1. The molecule has 0 aliphatic carbocycles. The van der Waals surface area contributed by atoms with Crippen molar-refractivity contribution in [1.29, 1.82) is 0 Å². The van der Waals surface area contributed by atoms with Crippen LogP contribution in [0.1, 0.15) is 16.4 Å². The maximum absolute atomic E-state index is 6.00. The van der Waals surface area contributed by atoms with E-state index >= 15 is 0 Å². The first-order valence-electron chi connectivity index (χ1n) is 5.86. The van der Waals surface area contributed by atoms with Crippen LogP contribution in [0.15, 0.2) is 30.3 Å². The lowest BCUT2D eigenvalue weighted by Crippen LogP contribution is -2.13. The van der Waals surface area contributed by atoms with Gasteiger partial charge in [0.25, 0.3) is 0 Å². The minimum absolute atomic E-state index is 0.0818. The van der Waals surface area contributed by atoms with Crippen molar-refractivity contribution in [1.82, 2.24) is 0 Å². The summed E-state index contributed by atoms with van der Waals surface area (Å²) in [6, 6.07) is 9.67. The summed E-state index contributed by atoms with van der Waals surface area (Å²) in [5, 5.41) is 0. The molecule has 0 radical (unpaired) electrons. The first-order chi connectivity index (χ1) is 9.19. The minimum Gasteiger partial charge on any atom is -0.497 e. The topological polar surface area (TPSA) is 44.5 Å². The quantitative estimate of drug-likeness (QED) is 0.918. The molecule has 1 heterocycles. The van der Waals surface area contributed by atoms with Gasteiger partial charge >= 0.3 is 0 Å². The van der Waals surface area contributed by atoms with Crippen LogP contribution in [0, 0.1) is 0 Å². The molecule has 5 heteroatoms. The number of methoxy groups -OCH3 is 2. The van der Waals surface area contributed by atoms with E-state index < -0.39 is 0 Å². The maximum atomic E-state index is 6.00. The Morgan fingerprint density at radius 3 is 2.53 bits per heavy atom. The second-order valence-corrected chi connectivity index (χ2v) is 5.78. The van der Waals surface area contributed by atoms with Crippen LogP contribution in [0.25, 0.3) is 0 Å². The van der Waals surface area contributed by atoms with Crippen molar-refractivity contribution < 1.29 is 9.47 Å². The highest BCUT2D eigenvalue weighted by atomic mass is 35.5. The fourth-order valence-electron chi connectivity index (χ4n) is 2.02. The van der Waals surface area contributed by atoms with Gasteiger partial charge in [0.2, 0.25) is 0 Å². The molecular weight excluding hydrogens is 282 g/mol. The van der Waals surface area contributed by atoms with Crippen LogP contribution in [0.2, 0.25) is 4.34 Å². The van der Waals surface area contributed by atoms with Crippen molar-refractivity contribution in [2.24, 2.45) is 5.73 Å². The molecule has 0 spiro atoms. The second-order valence-electron chi connectivity index (χ2n) is 4.04. The summed E-state index contributed by atoms with van der Waals surface area (Å²) >= 11 is 7.54. The summed E-state index contributed by atoms with van der Waals surface area (Å²) in [6.45, 7) is 0.500. The van der Waals surface area contributed by atoms with E-state index in [0.717, 1.165) is 26.3 Å². The van der Waals surface area contributed by atoms with Gasteiger partial charge in [-0.1, -0.05) is 17.7 Å². The third-order valence-electron chi connectivity index (χ3n) is 2.99. The summed E-state index contributed by atoms with van der Waals surface area (Å²) < 4.78 is 11.4. The first kappa shape index (κ1) is 14.2. The molecule has 102 valence electrons. The number of nitrogens with two attached hydrogens (primary N) is 1. The van der Waals surface area contributed by atoms with Gasteiger partial charge in [-0.2, -0.15) is 0 Å². The third-order valence-corrected chi connectivity index (χ3v) is 4.33. The van der Waals surface area contributed by atoms with Gasteiger partial charge in [0, 0.05) is 29.0 Å². The van der Waals surface area contributed by atoms with E-state index in [1.54, 1.807) is 25.6 Å². The fourth-order valence-corrected chi connectivity index (χ4v) is 3.21. The lowest BCUT2D eigenvalue weighted by atomic mass is 9.96.